The molecule has 3 fully saturated rings. The Bertz CT molecular complexity index is 826. The van der Waals surface area contributed by atoms with Gasteiger partial charge in [-0.05, 0) is 68.3 Å². The maximum absolute atomic E-state index is 13.3. The van der Waals surface area contributed by atoms with E-state index in [0.29, 0.717) is 17.4 Å². The van der Waals surface area contributed by atoms with Gasteiger partial charge in [0.25, 0.3) is 0 Å². The van der Waals surface area contributed by atoms with E-state index in [1.807, 2.05) is 18.3 Å². The van der Waals surface area contributed by atoms with E-state index in [-0.39, 0.29) is 5.92 Å². The Morgan fingerprint density at radius 2 is 1.76 bits per heavy atom. The molecule has 3 aliphatic rings. The summed E-state index contributed by atoms with van der Waals surface area (Å²) in [6, 6.07) is 17.2. The fraction of sp³-hybridized carbons (Fsp3) is 0.520. The van der Waals surface area contributed by atoms with Gasteiger partial charge in [0.15, 0.2) is 0 Å². The molecule has 4 nitrogen and oxygen atoms in total. The van der Waals surface area contributed by atoms with E-state index in [1.54, 1.807) is 0 Å². The molecule has 1 atom stereocenters. The quantitative estimate of drug-likeness (QED) is 0.779. The molecular weight excluding hydrogens is 358 g/mol. The Morgan fingerprint density at radius 3 is 2.45 bits per heavy atom. The van der Waals surface area contributed by atoms with Crippen LogP contribution in [0.15, 0.2) is 54.7 Å². The van der Waals surface area contributed by atoms with Gasteiger partial charge >= 0.3 is 0 Å². The molecule has 0 N–H and O–H groups in total. The lowest BCUT2D eigenvalue weighted by Gasteiger charge is -2.50. The number of likely N-dealkylation sites (tertiary alicyclic amines) is 2. The zero-order valence-electron chi connectivity index (χ0n) is 17.2. The molecule has 0 unspecified atom stereocenters. The number of piperidine rings is 2. The molecule has 1 aromatic heterocycles. The molecule has 29 heavy (non-hydrogen) atoms. The van der Waals surface area contributed by atoms with E-state index in [1.165, 1.54) is 36.9 Å². The molecule has 152 valence electrons. The highest BCUT2D eigenvalue weighted by Crippen LogP contribution is 2.48. The van der Waals surface area contributed by atoms with Crippen molar-refractivity contribution in [2.45, 2.75) is 50.5 Å². The van der Waals surface area contributed by atoms with E-state index in [2.05, 4.69) is 51.2 Å². The molecule has 2 aromatic rings. The Hall–Kier alpha value is -2.20. The highest BCUT2D eigenvalue weighted by atomic mass is 16.2. The van der Waals surface area contributed by atoms with Gasteiger partial charge < -0.3 is 9.80 Å². The Morgan fingerprint density at radius 1 is 1.00 bits per heavy atom. The summed E-state index contributed by atoms with van der Waals surface area (Å²) in [7, 11) is 0. The van der Waals surface area contributed by atoms with E-state index in [0.717, 1.165) is 39.0 Å². The van der Waals surface area contributed by atoms with Crippen LogP contribution in [0.1, 0.15) is 49.3 Å². The molecule has 0 radical (unpaired) electrons. The minimum absolute atomic E-state index is 0.0469. The van der Waals surface area contributed by atoms with Crippen molar-refractivity contribution in [2.75, 3.05) is 26.2 Å². The van der Waals surface area contributed by atoms with Gasteiger partial charge in [0, 0.05) is 37.4 Å². The maximum atomic E-state index is 13.3. The Kier molecular flexibility index (Phi) is 5.13. The van der Waals surface area contributed by atoms with Crippen LogP contribution in [0, 0.1) is 5.41 Å². The fourth-order valence-corrected chi connectivity index (χ4v) is 5.30. The zero-order chi connectivity index (χ0) is 19.7. The number of carbonyl (C=O) groups excluding carboxylic acids is 1. The van der Waals surface area contributed by atoms with E-state index < -0.39 is 0 Å². The third-order valence-corrected chi connectivity index (χ3v) is 7.24. The van der Waals surface area contributed by atoms with Gasteiger partial charge in [0.2, 0.25) is 5.91 Å². The number of benzene rings is 1. The molecule has 1 aromatic carbocycles. The summed E-state index contributed by atoms with van der Waals surface area (Å²) in [5, 5.41) is 0. The molecule has 3 heterocycles. The van der Waals surface area contributed by atoms with Crippen molar-refractivity contribution in [1.82, 2.24) is 14.8 Å². The van der Waals surface area contributed by atoms with Crippen molar-refractivity contribution in [3.05, 3.63) is 66.0 Å². The number of hydrogen-bond acceptors (Lipinski definition) is 3. The van der Waals surface area contributed by atoms with Crippen molar-refractivity contribution in [3.8, 4) is 0 Å². The van der Waals surface area contributed by atoms with Gasteiger partial charge in [-0.3, -0.25) is 9.78 Å². The number of amides is 1. The van der Waals surface area contributed by atoms with Crippen LogP contribution in [0.2, 0.25) is 0 Å². The minimum atomic E-state index is 0.0469. The summed E-state index contributed by atoms with van der Waals surface area (Å²) in [4.78, 5) is 22.6. The molecule has 5 rings (SSSR count). The second kappa shape index (κ2) is 7.91. The van der Waals surface area contributed by atoms with Gasteiger partial charge in [0.05, 0.1) is 5.92 Å². The third kappa shape index (κ3) is 4.09. The molecule has 1 amide bonds. The summed E-state index contributed by atoms with van der Waals surface area (Å²) in [5.41, 5.74) is 2.68. The van der Waals surface area contributed by atoms with Gasteiger partial charge in [0.1, 0.15) is 0 Å². The van der Waals surface area contributed by atoms with Crippen LogP contribution in [0.4, 0.5) is 0 Å². The number of carbonyl (C=O) groups is 1. The largest absolute Gasteiger partial charge is 0.339 e. The van der Waals surface area contributed by atoms with Gasteiger partial charge in [-0.15, -0.1) is 0 Å². The monoisotopic (exact) mass is 389 g/mol. The van der Waals surface area contributed by atoms with Gasteiger partial charge in [-0.25, -0.2) is 0 Å². The van der Waals surface area contributed by atoms with E-state index >= 15 is 0 Å². The average Bonchev–Trinajstić information content (AvgIpc) is 3.62. The van der Waals surface area contributed by atoms with Crippen molar-refractivity contribution in [1.29, 1.82) is 0 Å². The summed E-state index contributed by atoms with van der Waals surface area (Å²) >= 11 is 0. The molecular formula is C25H31N3O. The number of aromatic nitrogens is 1. The molecule has 1 saturated carbocycles. The number of pyridine rings is 1. The lowest BCUT2D eigenvalue weighted by molar-refractivity contribution is -0.142. The third-order valence-electron chi connectivity index (χ3n) is 7.24. The first kappa shape index (κ1) is 18.8. The predicted molar refractivity (Wildman–Crippen MR) is 115 cm³/mol. The number of hydrogen-bond donors (Lipinski definition) is 0. The van der Waals surface area contributed by atoms with Gasteiger partial charge in [-0.1, -0.05) is 36.4 Å². The minimum Gasteiger partial charge on any atom is -0.339 e. The number of nitrogens with zero attached hydrogens (tertiary/aromatic N) is 3. The van der Waals surface area contributed by atoms with Crippen LogP contribution < -0.4 is 0 Å². The molecule has 1 spiro atoms. The molecule has 2 saturated heterocycles. The predicted octanol–water partition coefficient (Wildman–Crippen LogP) is 3.88. The average molecular weight is 390 g/mol. The van der Waals surface area contributed by atoms with Crippen LogP contribution in [0.25, 0.3) is 0 Å². The fourth-order valence-electron chi connectivity index (χ4n) is 5.30. The van der Waals surface area contributed by atoms with Crippen LogP contribution in [-0.2, 0) is 11.2 Å². The maximum Gasteiger partial charge on any atom is 0.230 e. The Balaban J connectivity index is 1.26. The standard InChI is InChI=1S/C25H31N3O/c29-24-23(20-6-2-1-3-7-20)18-25(19-28(24)22-9-10-22)12-16-27(17-13-25)15-11-21-8-4-5-14-26-21/h1-8,14,22-23H,9-13,15-19H2/t23-/m1/s1. The summed E-state index contributed by atoms with van der Waals surface area (Å²) in [6.45, 7) is 4.34. The first-order chi connectivity index (χ1) is 14.2. The summed E-state index contributed by atoms with van der Waals surface area (Å²) in [6.07, 6.45) is 8.72. The summed E-state index contributed by atoms with van der Waals surface area (Å²) < 4.78 is 0. The second-order valence-electron chi connectivity index (χ2n) is 9.28. The van der Waals surface area contributed by atoms with E-state index in [9.17, 15) is 4.79 Å². The molecule has 0 bridgehead atoms. The van der Waals surface area contributed by atoms with Crippen LogP contribution in [0.3, 0.4) is 0 Å². The van der Waals surface area contributed by atoms with Crippen LogP contribution in [-0.4, -0.2) is 52.9 Å². The van der Waals surface area contributed by atoms with Gasteiger partial charge in [-0.2, -0.15) is 0 Å². The second-order valence-corrected chi connectivity index (χ2v) is 9.28. The summed E-state index contributed by atoms with van der Waals surface area (Å²) in [5.74, 6) is 0.424. The topological polar surface area (TPSA) is 36.4 Å². The molecule has 4 heteroatoms. The SMILES string of the molecule is O=C1[C@@H](c2ccccc2)CC2(CCN(CCc3ccccn3)CC2)CN1C1CC1. The van der Waals surface area contributed by atoms with Crippen molar-refractivity contribution < 1.29 is 4.79 Å². The lowest BCUT2D eigenvalue weighted by Crippen LogP contribution is -2.54. The van der Waals surface area contributed by atoms with Crippen molar-refractivity contribution in [3.63, 3.8) is 0 Å². The van der Waals surface area contributed by atoms with Crippen molar-refractivity contribution >= 4 is 5.91 Å². The lowest BCUT2D eigenvalue weighted by atomic mass is 9.67. The first-order valence-electron chi connectivity index (χ1n) is 11.2. The highest BCUT2D eigenvalue weighted by molar-refractivity contribution is 5.85. The van der Waals surface area contributed by atoms with Crippen molar-refractivity contribution in [2.24, 2.45) is 5.41 Å². The number of rotatable bonds is 5. The molecule has 2 aliphatic heterocycles. The highest BCUT2D eigenvalue weighted by Gasteiger charge is 2.49. The zero-order valence-corrected chi connectivity index (χ0v) is 17.2. The van der Waals surface area contributed by atoms with Crippen LogP contribution in [0.5, 0.6) is 0 Å². The first-order valence-corrected chi connectivity index (χ1v) is 11.2. The van der Waals surface area contributed by atoms with Crippen LogP contribution >= 0.6 is 0 Å². The normalized spacial score (nSPS) is 24.8. The Labute approximate surface area is 173 Å². The molecule has 1 aliphatic carbocycles. The smallest absolute Gasteiger partial charge is 0.230 e. The van der Waals surface area contributed by atoms with E-state index in [4.69, 9.17) is 0 Å².